The second-order valence-electron chi connectivity index (χ2n) is 4.16. The minimum atomic E-state index is -0.407. The number of carbonyl (C=O) groups excluding carboxylic acids is 1. The fourth-order valence-electron chi connectivity index (χ4n) is 2.10. The average molecular weight is 216 g/mol. The summed E-state index contributed by atoms with van der Waals surface area (Å²) in [6, 6.07) is 7.52. The van der Waals surface area contributed by atoms with Gasteiger partial charge >= 0.3 is 6.03 Å². The topological polar surface area (TPSA) is 46.3 Å². The van der Waals surface area contributed by atoms with Gasteiger partial charge in [0.25, 0.3) is 0 Å². The Balaban J connectivity index is 2.42. The van der Waals surface area contributed by atoms with Gasteiger partial charge in [0.1, 0.15) is 0 Å². The molecular weight excluding hydrogens is 200 g/mol. The van der Waals surface area contributed by atoms with E-state index in [4.69, 9.17) is 5.73 Å². The molecule has 0 radical (unpaired) electrons. The van der Waals surface area contributed by atoms with E-state index >= 15 is 0 Å². The largest absolute Gasteiger partial charge is 0.351 e. The van der Waals surface area contributed by atoms with Crippen molar-refractivity contribution in [3.63, 3.8) is 0 Å². The highest BCUT2D eigenvalue weighted by Gasteiger charge is 2.18. The van der Waals surface area contributed by atoms with Gasteiger partial charge in [-0.25, -0.2) is 4.79 Å². The van der Waals surface area contributed by atoms with Crippen molar-refractivity contribution in [1.82, 2.24) is 0 Å². The number of anilines is 1. The van der Waals surface area contributed by atoms with E-state index in [1.807, 2.05) is 18.2 Å². The van der Waals surface area contributed by atoms with Crippen LogP contribution in [-0.4, -0.2) is 12.6 Å². The van der Waals surface area contributed by atoms with Crippen LogP contribution in [-0.2, 0) is 6.42 Å². The van der Waals surface area contributed by atoms with Crippen LogP contribution in [0.1, 0.15) is 18.4 Å². The zero-order chi connectivity index (χ0) is 11.5. The Kier molecular flexibility index (Phi) is 2.95. The Morgan fingerprint density at radius 2 is 2.06 bits per heavy atom. The first-order chi connectivity index (χ1) is 7.68. The predicted octanol–water partition coefficient (Wildman–Crippen LogP) is 2.46. The smallest absolute Gasteiger partial charge is 0.319 e. The molecule has 1 aromatic carbocycles. The van der Waals surface area contributed by atoms with Gasteiger partial charge in [0.05, 0.1) is 0 Å². The monoisotopic (exact) mass is 216 g/mol. The molecule has 84 valence electrons. The second kappa shape index (κ2) is 4.39. The van der Waals surface area contributed by atoms with Crippen LogP contribution in [0.5, 0.6) is 0 Å². The number of rotatable bonds is 0. The Bertz CT molecular complexity index is 426. The third-order valence-electron chi connectivity index (χ3n) is 2.91. The van der Waals surface area contributed by atoms with E-state index in [9.17, 15) is 4.79 Å². The summed E-state index contributed by atoms with van der Waals surface area (Å²) in [5.41, 5.74) is 8.59. The molecule has 0 fully saturated rings. The summed E-state index contributed by atoms with van der Waals surface area (Å²) in [5, 5.41) is 0. The average Bonchev–Trinajstić information content (AvgIpc) is 2.24. The van der Waals surface area contributed by atoms with Crippen LogP contribution in [0, 0.1) is 0 Å². The molecule has 2 amide bonds. The Morgan fingerprint density at radius 1 is 1.31 bits per heavy atom. The lowest BCUT2D eigenvalue weighted by atomic mass is 9.99. The van der Waals surface area contributed by atoms with E-state index < -0.39 is 6.03 Å². The number of benzene rings is 1. The third-order valence-corrected chi connectivity index (χ3v) is 2.91. The van der Waals surface area contributed by atoms with Crippen molar-refractivity contribution in [1.29, 1.82) is 0 Å². The highest BCUT2D eigenvalue weighted by atomic mass is 16.2. The Morgan fingerprint density at radius 3 is 2.81 bits per heavy atom. The van der Waals surface area contributed by atoms with Crippen molar-refractivity contribution in [2.45, 2.75) is 19.3 Å². The standard InChI is InChI=1S/C13H16N2O/c1-10-5-4-7-11-6-2-3-8-12(11)15(9-10)13(14)16/h2-3,6,8H,1,4-5,7,9H2,(H2,14,16). The summed E-state index contributed by atoms with van der Waals surface area (Å²) >= 11 is 0. The summed E-state index contributed by atoms with van der Waals surface area (Å²) in [6.45, 7) is 4.51. The van der Waals surface area contributed by atoms with Crippen molar-refractivity contribution in [2.24, 2.45) is 5.73 Å². The zero-order valence-corrected chi connectivity index (χ0v) is 9.28. The number of nitrogens with zero attached hydrogens (tertiary/aromatic N) is 1. The SMILES string of the molecule is C=C1CCCc2ccccc2N(C(N)=O)C1. The molecule has 2 N–H and O–H groups in total. The van der Waals surface area contributed by atoms with Crippen molar-refractivity contribution in [2.75, 3.05) is 11.4 Å². The number of hydrogen-bond acceptors (Lipinski definition) is 1. The first kappa shape index (κ1) is 10.7. The highest BCUT2D eigenvalue weighted by Crippen LogP contribution is 2.26. The fourth-order valence-corrected chi connectivity index (χ4v) is 2.10. The molecule has 1 aromatic rings. The Hall–Kier alpha value is -1.77. The minimum absolute atomic E-state index is 0.407. The number of carbonyl (C=O) groups is 1. The van der Waals surface area contributed by atoms with Crippen LogP contribution in [0.4, 0.5) is 10.5 Å². The maximum Gasteiger partial charge on any atom is 0.319 e. The quantitative estimate of drug-likeness (QED) is 0.665. The first-order valence-electron chi connectivity index (χ1n) is 5.50. The molecule has 0 atom stereocenters. The first-order valence-corrected chi connectivity index (χ1v) is 5.50. The number of fused-ring (bicyclic) bond motifs is 1. The molecular formula is C13H16N2O. The summed E-state index contributed by atoms with van der Waals surface area (Å²) in [4.78, 5) is 13.0. The van der Waals surface area contributed by atoms with Gasteiger partial charge in [-0.2, -0.15) is 0 Å². The number of aryl methyl sites for hydroxylation is 1. The number of nitrogens with two attached hydrogens (primary N) is 1. The molecule has 1 aliphatic heterocycles. The van der Waals surface area contributed by atoms with E-state index in [0.717, 1.165) is 30.5 Å². The second-order valence-corrected chi connectivity index (χ2v) is 4.16. The maximum atomic E-state index is 11.4. The highest BCUT2D eigenvalue weighted by molar-refractivity contribution is 5.92. The van der Waals surface area contributed by atoms with Gasteiger partial charge in [0, 0.05) is 12.2 Å². The minimum Gasteiger partial charge on any atom is -0.351 e. The van der Waals surface area contributed by atoms with Crippen molar-refractivity contribution >= 4 is 11.7 Å². The van der Waals surface area contributed by atoms with Gasteiger partial charge < -0.3 is 5.73 Å². The summed E-state index contributed by atoms with van der Waals surface area (Å²) in [5.74, 6) is 0. The number of primary amides is 1. The lowest BCUT2D eigenvalue weighted by Gasteiger charge is -2.26. The Labute approximate surface area is 95.6 Å². The van der Waals surface area contributed by atoms with Crippen LogP contribution >= 0.6 is 0 Å². The van der Waals surface area contributed by atoms with Crippen molar-refractivity contribution < 1.29 is 4.79 Å². The molecule has 16 heavy (non-hydrogen) atoms. The van der Waals surface area contributed by atoms with Gasteiger partial charge in [0.15, 0.2) is 0 Å². The number of para-hydroxylation sites is 1. The van der Waals surface area contributed by atoms with Crippen molar-refractivity contribution in [3.8, 4) is 0 Å². The molecule has 0 unspecified atom stereocenters. The summed E-state index contributed by atoms with van der Waals surface area (Å²) in [7, 11) is 0. The van der Waals surface area contributed by atoms with Gasteiger partial charge in [0.2, 0.25) is 0 Å². The lowest BCUT2D eigenvalue weighted by molar-refractivity contribution is 0.254. The number of amides is 2. The van der Waals surface area contributed by atoms with Crippen LogP contribution in [0.3, 0.4) is 0 Å². The molecule has 0 aromatic heterocycles. The molecule has 1 aliphatic rings. The van der Waals surface area contributed by atoms with Gasteiger partial charge in [-0.05, 0) is 30.9 Å². The third kappa shape index (κ3) is 2.08. The molecule has 0 bridgehead atoms. The van der Waals surface area contributed by atoms with Crippen LogP contribution in [0.15, 0.2) is 36.4 Å². The van der Waals surface area contributed by atoms with Crippen LogP contribution in [0.2, 0.25) is 0 Å². The fraction of sp³-hybridized carbons (Fsp3) is 0.308. The zero-order valence-electron chi connectivity index (χ0n) is 9.28. The van der Waals surface area contributed by atoms with E-state index in [1.165, 1.54) is 5.56 Å². The molecule has 3 nitrogen and oxygen atoms in total. The maximum absolute atomic E-state index is 11.4. The van der Waals surface area contributed by atoms with Gasteiger partial charge in [-0.3, -0.25) is 4.90 Å². The van der Waals surface area contributed by atoms with E-state index in [1.54, 1.807) is 4.90 Å². The normalized spacial score (nSPS) is 16.2. The molecule has 0 aliphatic carbocycles. The van der Waals surface area contributed by atoms with E-state index in [0.29, 0.717) is 6.54 Å². The molecule has 3 heteroatoms. The van der Waals surface area contributed by atoms with Crippen LogP contribution < -0.4 is 10.6 Å². The van der Waals surface area contributed by atoms with Gasteiger partial charge in [-0.1, -0.05) is 30.4 Å². The summed E-state index contributed by atoms with van der Waals surface area (Å²) < 4.78 is 0. The van der Waals surface area contributed by atoms with Gasteiger partial charge in [-0.15, -0.1) is 0 Å². The molecule has 2 rings (SSSR count). The number of urea groups is 1. The molecule has 0 saturated heterocycles. The van der Waals surface area contributed by atoms with Crippen LogP contribution in [0.25, 0.3) is 0 Å². The molecule has 0 saturated carbocycles. The lowest BCUT2D eigenvalue weighted by Crippen LogP contribution is -2.38. The molecule has 1 heterocycles. The van der Waals surface area contributed by atoms with E-state index in [-0.39, 0.29) is 0 Å². The summed E-state index contributed by atoms with van der Waals surface area (Å²) in [6.07, 6.45) is 3.01. The van der Waals surface area contributed by atoms with Crippen molar-refractivity contribution in [3.05, 3.63) is 42.0 Å². The number of hydrogen-bond donors (Lipinski definition) is 1. The van der Waals surface area contributed by atoms with E-state index in [2.05, 4.69) is 12.6 Å². The predicted molar refractivity (Wildman–Crippen MR) is 65.4 cm³/mol. The molecule has 0 spiro atoms.